The van der Waals surface area contributed by atoms with E-state index in [9.17, 15) is 0 Å². The van der Waals surface area contributed by atoms with Gasteiger partial charge in [0.1, 0.15) is 12.5 Å². The molecule has 1 aromatic heterocycles. The largest absolute Gasteiger partial charge is 0.383 e. The van der Waals surface area contributed by atoms with E-state index in [1.807, 2.05) is 39.0 Å². The van der Waals surface area contributed by atoms with E-state index in [1.165, 1.54) is 16.7 Å². The summed E-state index contributed by atoms with van der Waals surface area (Å²) in [7, 11) is 0. The van der Waals surface area contributed by atoms with Crippen LogP contribution in [0.25, 0.3) is 49.6 Å². The smallest absolute Gasteiger partial charge is 0.153 e. The molecule has 0 unspecified atom stereocenters. The molecule has 0 fully saturated rings. The number of fused-ring (bicyclic) bond motifs is 9. The van der Waals surface area contributed by atoms with E-state index in [0.717, 1.165) is 66.7 Å². The molecule has 5 heteroatoms. The highest BCUT2D eigenvalue weighted by atomic mass is 15.2. The van der Waals surface area contributed by atoms with Gasteiger partial charge in [-0.15, -0.1) is 0 Å². The topological polar surface area (TPSA) is 58.9 Å². The van der Waals surface area contributed by atoms with Crippen LogP contribution in [-0.4, -0.2) is 16.2 Å². The zero-order valence-corrected chi connectivity index (χ0v) is 29.4. The van der Waals surface area contributed by atoms with Crippen LogP contribution >= 0.6 is 0 Å². The summed E-state index contributed by atoms with van der Waals surface area (Å²) in [4.78, 5) is 12.2. The Morgan fingerprint density at radius 3 is 2.16 bits per heavy atom. The maximum absolute atomic E-state index is 6.39. The number of para-hydroxylation sites is 2. The van der Waals surface area contributed by atoms with E-state index in [0.29, 0.717) is 18.3 Å². The second-order valence-corrected chi connectivity index (χ2v) is 12.7. The fraction of sp³-hybridized carbons (Fsp3) is 0.0870. The molecule has 5 nitrogen and oxygen atoms in total. The molecule has 0 atom stereocenters. The number of benzene rings is 5. The summed E-state index contributed by atoms with van der Waals surface area (Å²) in [5.74, 6) is 0.940. The first kappa shape index (κ1) is 33.1. The van der Waals surface area contributed by atoms with E-state index < -0.39 is 0 Å². The molecule has 0 spiro atoms. The first-order valence-corrected chi connectivity index (χ1v) is 17.1. The van der Waals surface area contributed by atoms with Gasteiger partial charge in [-0.25, -0.2) is 9.98 Å². The first-order valence-electron chi connectivity index (χ1n) is 17.1. The van der Waals surface area contributed by atoms with Crippen LogP contribution < -0.4 is 10.6 Å². The van der Waals surface area contributed by atoms with E-state index in [2.05, 4.69) is 138 Å². The van der Waals surface area contributed by atoms with Gasteiger partial charge in [-0.2, -0.15) is 0 Å². The summed E-state index contributed by atoms with van der Waals surface area (Å²) in [5.41, 5.74) is 20.1. The normalized spacial score (nSPS) is 13.4. The molecule has 0 amide bonds. The second-order valence-electron chi connectivity index (χ2n) is 12.7. The van der Waals surface area contributed by atoms with E-state index in [1.54, 1.807) is 6.08 Å². The minimum atomic E-state index is 0.298. The van der Waals surface area contributed by atoms with Crippen LogP contribution in [0.5, 0.6) is 0 Å². The number of aromatic nitrogens is 1. The van der Waals surface area contributed by atoms with Crippen molar-refractivity contribution in [3.8, 4) is 22.3 Å². The van der Waals surface area contributed by atoms with Crippen molar-refractivity contribution >= 4 is 56.1 Å². The zero-order chi connectivity index (χ0) is 35.6. The van der Waals surface area contributed by atoms with Gasteiger partial charge in [-0.3, -0.25) is 0 Å². The molecule has 0 saturated heterocycles. The summed E-state index contributed by atoms with van der Waals surface area (Å²) in [6, 6.07) is 39.1. The highest BCUT2D eigenvalue weighted by Crippen LogP contribution is 2.54. The van der Waals surface area contributed by atoms with Gasteiger partial charge >= 0.3 is 0 Å². The van der Waals surface area contributed by atoms with E-state index >= 15 is 0 Å². The molecular weight excluding hydrogens is 623 g/mol. The van der Waals surface area contributed by atoms with E-state index in [4.69, 9.17) is 15.7 Å². The molecule has 2 N–H and O–H groups in total. The van der Waals surface area contributed by atoms with Crippen LogP contribution in [-0.2, 0) is 6.67 Å². The lowest BCUT2D eigenvalue weighted by atomic mass is 9.94. The Bertz CT molecular complexity index is 2490. The highest BCUT2D eigenvalue weighted by molar-refractivity contribution is 6.19. The van der Waals surface area contributed by atoms with Gasteiger partial charge in [0.15, 0.2) is 5.84 Å². The Hall–Kier alpha value is -6.46. The summed E-state index contributed by atoms with van der Waals surface area (Å²) < 4.78 is 2.31. The Morgan fingerprint density at radius 2 is 1.47 bits per heavy atom. The third kappa shape index (κ3) is 5.83. The Kier molecular flexibility index (Phi) is 8.95. The second kappa shape index (κ2) is 13.8. The number of allylic oxidation sites excluding steroid dienone is 5. The summed E-state index contributed by atoms with van der Waals surface area (Å²) in [6.07, 6.45) is 7.61. The lowest BCUT2D eigenvalue weighted by Gasteiger charge is -2.28. The minimum Gasteiger partial charge on any atom is -0.383 e. The van der Waals surface area contributed by atoms with Gasteiger partial charge in [-0.1, -0.05) is 123 Å². The van der Waals surface area contributed by atoms with Crippen LogP contribution in [0.1, 0.15) is 26.3 Å². The number of hydrogen-bond acceptors (Lipinski definition) is 2. The standard InChI is InChI=1S/C46H41N5/c1-7-17-32(9-3)33-24-27-41-40(28-33)39-26-25-38-36-21-14-13-20-35(36)37-22-15-16-23-42(37)51(34-18-11-10-12-19-34)44(38)43(39)50(41)29-48-46(30(4)5)49-45(47)31(6)8-2/h7-28H,1,3-4,29H2,2,5-6H3,(H2,47,48,49)/b31-8+,32-17+. The van der Waals surface area contributed by atoms with Crippen LogP contribution in [0.4, 0.5) is 17.1 Å². The predicted molar refractivity (Wildman–Crippen MR) is 220 cm³/mol. The highest BCUT2D eigenvalue weighted by Gasteiger charge is 2.30. The van der Waals surface area contributed by atoms with Crippen molar-refractivity contribution in [3.05, 3.63) is 170 Å². The lowest BCUT2D eigenvalue weighted by molar-refractivity contribution is 0.791. The number of nitrogens with zero attached hydrogens (tertiary/aromatic N) is 4. The molecule has 51 heavy (non-hydrogen) atoms. The quantitative estimate of drug-likeness (QED) is 0.0999. The minimum absolute atomic E-state index is 0.298. The van der Waals surface area contributed by atoms with Crippen LogP contribution in [0.2, 0.25) is 0 Å². The van der Waals surface area contributed by atoms with Gasteiger partial charge in [-0.05, 0) is 84.5 Å². The molecule has 0 saturated carbocycles. The Morgan fingerprint density at radius 1 is 0.784 bits per heavy atom. The van der Waals surface area contributed by atoms with Gasteiger partial charge in [0.05, 0.1) is 22.4 Å². The molecule has 2 heterocycles. The predicted octanol–water partition coefficient (Wildman–Crippen LogP) is 11.9. The van der Waals surface area contributed by atoms with Crippen LogP contribution in [0.3, 0.4) is 0 Å². The monoisotopic (exact) mass is 663 g/mol. The third-order valence-electron chi connectivity index (χ3n) is 9.55. The molecule has 1 aliphatic rings. The fourth-order valence-corrected chi connectivity index (χ4v) is 6.93. The van der Waals surface area contributed by atoms with Gasteiger partial charge < -0.3 is 15.2 Å². The van der Waals surface area contributed by atoms with Crippen molar-refractivity contribution in [3.63, 3.8) is 0 Å². The fourth-order valence-electron chi connectivity index (χ4n) is 6.93. The van der Waals surface area contributed by atoms with Crippen molar-refractivity contribution in [1.82, 2.24) is 4.57 Å². The summed E-state index contributed by atoms with van der Waals surface area (Å²) in [6.45, 7) is 18.3. The third-order valence-corrected chi connectivity index (χ3v) is 9.55. The zero-order valence-electron chi connectivity index (χ0n) is 29.4. The SMILES string of the molecule is C=C/C=C(\C=C)c1ccc2c(c1)c1ccc3c(c1n2C\N=C(/N=C(N)/C(C)=C/C)C(=C)C)N(c1ccccc1)c1ccccc1-c1ccccc1-3. The number of hydrogen-bond donors (Lipinski definition) is 1. The average Bonchev–Trinajstić information content (AvgIpc) is 3.41. The molecule has 1 aliphatic heterocycles. The molecule has 0 radical (unpaired) electrons. The maximum atomic E-state index is 6.39. The molecule has 250 valence electrons. The van der Waals surface area contributed by atoms with Crippen molar-refractivity contribution in [2.75, 3.05) is 4.90 Å². The van der Waals surface area contributed by atoms with Gasteiger partial charge in [0.25, 0.3) is 0 Å². The maximum Gasteiger partial charge on any atom is 0.153 e. The van der Waals surface area contributed by atoms with E-state index in [-0.39, 0.29) is 0 Å². The summed E-state index contributed by atoms with van der Waals surface area (Å²) >= 11 is 0. The molecule has 5 aromatic carbocycles. The number of nitrogens with two attached hydrogens (primary N) is 1. The summed E-state index contributed by atoms with van der Waals surface area (Å²) in [5, 5.41) is 2.23. The Balaban J connectivity index is 1.63. The number of rotatable bonds is 8. The van der Waals surface area contributed by atoms with Crippen LogP contribution in [0, 0.1) is 0 Å². The first-order chi connectivity index (χ1) is 24.9. The van der Waals surface area contributed by atoms with Gasteiger partial charge in [0, 0.05) is 27.6 Å². The lowest BCUT2D eigenvalue weighted by Crippen LogP contribution is -2.16. The van der Waals surface area contributed by atoms with Crippen molar-refractivity contribution in [2.45, 2.75) is 27.4 Å². The van der Waals surface area contributed by atoms with Crippen molar-refractivity contribution in [2.24, 2.45) is 15.7 Å². The average molecular weight is 664 g/mol. The Labute approximate surface area is 300 Å². The molecule has 6 aromatic rings. The van der Waals surface area contributed by atoms with Crippen molar-refractivity contribution in [1.29, 1.82) is 0 Å². The molecular formula is C46H41N5. The number of amidine groups is 2. The number of anilines is 3. The molecule has 0 aliphatic carbocycles. The van der Waals surface area contributed by atoms with Gasteiger partial charge in [0.2, 0.25) is 0 Å². The molecule has 7 rings (SSSR count). The van der Waals surface area contributed by atoms with Crippen molar-refractivity contribution < 1.29 is 0 Å². The number of aliphatic imine (C=N–C) groups is 2. The van der Waals surface area contributed by atoms with Crippen LogP contribution in [0.15, 0.2) is 174 Å². The molecule has 0 bridgehead atoms.